The highest BCUT2D eigenvalue weighted by Gasteiger charge is 2.27. The summed E-state index contributed by atoms with van der Waals surface area (Å²) in [6, 6.07) is 15.1. The van der Waals surface area contributed by atoms with E-state index in [0.717, 1.165) is 35.7 Å². The first-order chi connectivity index (χ1) is 20.0. The van der Waals surface area contributed by atoms with Gasteiger partial charge in [0.1, 0.15) is 29.3 Å². The fourth-order valence-electron chi connectivity index (χ4n) is 5.38. The van der Waals surface area contributed by atoms with Crippen LogP contribution in [-0.4, -0.2) is 55.4 Å². The Kier molecular flexibility index (Phi) is 9.02. The van der Waals surface area contributed by atoms with Crippen molar-refractivity contribution < 1.29 is 22.7 Å². The second-order valence-corrected chi connectivity index (χ2v) is 10.4. The van der Waals surface area contributed by atoms with Gasteiger partial charge in [0.15, 0.2) is 5.58 Å². The van der Waals surface area contributed by atoms with E-state index in [0.29, 0.717) is 42.8 Å². The number of furan rings is 1. The molecule has 11 heteroatoms. The highest BCUT2D eigenvalue weighted by molar-refractivity contribution is 5.96. The highest BCUT2D eigenvalue weighted by Crippen LogP contribution is 2.36. The zero-order valence-corrected chi connectivity index (χ0v) is 23.5. The van der Waals surface area contributed by atoms with Crippen molar-refractivity contribution in [3.05, 3.63) is 71.7 Å². The van der Waals surface area contributed by atoms with E-state index in [1.54, 1.807) is 24.4 Å². The maximum Gasteiger partial charge on any atom is 0.251 e. The van der Waals surface area contributed by atoms with Crippen LogP contribution < -0.4 is 16.0 Å². The van der Waals surface area contributed by atoms with Crippen LogP contribution in [-0.2, 0) is 4.74 Å². The van der Waals surface area contributed by atoms with E-state index >= 15 is 4.39 Å². The average molecular weight is 594 g/mol. The van der Waals surface area contributed by atoms with E-state index in [9.17, 15) is 14.4 Å². The third kappa shape index (κ3) is 6.09. The Labute approximate surface area is 247 Å². The molecule has 2 aliphatic rings. The lowest BCUT2D eigenvalue weighted by Gasteiger charge is -2.27. The van der Waals surface area contributed by atoms with Crippen LogP contribution in [0.5, 0.6) is 0 Å². The molecule has 4 aromatic rings. The number of nitriles is 1. The Hall–Kier alpha value is -4.04. The maximum atomic E-state index is 15.2. The number of piperidine rings is 1. The number of nitrogens with one attached hydrogen (secondary N) is 3. The Morgan fingerprint density at radius 1 is 1.07 bits per heavy atom. The molecular formula is C31H30ClF2N5O3. The van der Waals surface area contributed by atoms with Crippen molar-refractivity contribution in [3.63, 3.8) is 0 Å². The first-order valence-electron chi connectivity index (χ1n) is 13.7. The van der Waals surface area contributed by atoms with Crippen molar-refractivity contribution in [3.8, 4) is 28.5 Å². The Morgan fingerprint density at radius 2 is 1.90 bits per heavy atom. The van der Waals surface area contributed by atoms with E-state index in [1.807, 2.05) is 12.1 Å². The van der Waals surface area contributed by atoms with Gasteiger partial charge in [-0.15, -0.1) is 12.4 Å². The normalized spacial score (nSPS) is 19.1. The number of carbonyl (C=O) groups excluding carboxylic acids is 1. The molecule has 0 bridgehead atoms. The minimum absolute atomic E-state index is 0. The fourth-order valence-corrected chi connectivity index (χ4v) is 5.38. The van der Waals surface area contributed by atoms with E-state index in [2.05, 4.69) is 27.0 Å². The molecular weight excluding hydrogens is 564 g/mol. The maximum absolute atomic E-state index is 15.2. The Morgan fingerprint density at radius 3 is 2.67 bits per heavy atom. The number of pyridine rings is 1. The second-order valence-electron chi connectivity index (χ2n) is 10.4. The highest BCUT2D eigenvalue weighted by atomic mass is 35.5. The molecule has 218 valence electrons. The minimum Gasteiger partial charge on any atom is -0.454 e. The van der Waals surface area contributed by atoms with Crippen LogP contribution in [0.4, 0.5) is 14.5 Å². The molecule has 1 amide bonds. The summed E-state index contributed by atoms with van der Waals surface area (Å²) in [6.07, 6.45) is 2.67. The third-order valence-electron chi connectivity index (χ3n) is 7.67. The molecule has 2 aromatic carbocycles. The molecule has 8 nitrogen and oxygen atoms in total. The SMILES string of the molecule is Cl.N#Cc1cc(-c2ccnc3cc(-c4ccc(C(=O)NC5CCNCC5F)cc4F)oc23)ccc1NC1CCOCC1. The smallest absolute Gasteiger partial charge is 0.251 e. The quantitative estimate of drug-likeness (QED) is 0.266. The van der Waals surface area contributed by atoms with Gasteiger partial charge in [-0.05, 0) is 67.8 Å². The minimum atomic E-state index is -1.20. The van der Waals surface area contributed by atoms with Gasteiger partial charge in [0.05, 0.1) is 22.9 Å². The molecule has 0 radical (unpaired) electrons. The predicted molar refractivity (Wildman–Crippen MR) is 158 cm³/mol. The number of benzene rings is 2. The van der Waals surface area contributed by atoms with Gasteiger partial charge in [0.2, 0.25) is 0 Å². The number of fused-ring (bicyclic) bond motifs is 1. The van der Waals surface area contributed by atoms with Gasteiger partial charge >= 0.3 is 0 Å². The lowest BCUT2D eigenvalue weighted by molar-refractivity contribution is 0.0891. The van der Waals surface area contributed by atoms with Crippen molar-refractivity contribution in [2.24, 2.45) is 0 Å². The van der Waals surface area contributed by atoms with Gasteiger partial charge < -0.3 is 25.1 Å². The number of hydrogen-bond donors (Lipinski definition) is 3. The van der Waals surface area contributed by atoms with E-state index in [4.69, 9.17) is 9.15 Å². The van der Waals surface area contributed by atoms with Gasteiger partial charge in [0, 0.05) is 49.2 Å². The fraction of sp³-hybridized carbons (Fsp3) is 0.323. The van der Waals surface area contributed by atoms with Crippen LogP contribution in [0.15, 0.2) is 59.1 Å². The summed E-state index contributed by atoms with van der Waals surface area (Å²) >= 11 is 0. The molecule has 2 saturated heterocycles. The topological polar surface area (TPSA) is 112 Å². The van der Waals surface area contributed by atoms with Crippen molar-refractivity contribution in [1.82, 2.24) is 15.6 Å². The van der Waals surface area contributed by atoms with Gasteiger partial charge in [-0.25, -0.2) is 8.78 Å². The van der Waals surface area contributed by atoms with Crippen molar-refractivity contribution >= 4 is 35.1 Å². The van der Waals surface area contributed by atoms with Gasteiger partial charge in [0.25, 0.3) is 5.91 Å². The van der Waals surface area contributed by atoms with Crippen LogP contribution in [0.3, 0.4) is 0 Å². The Balaban J connectivity index is 0.00000353. The Bertz CT molecular complexity index is 1630. The van der Waals surface area contributed by atoms with Crippen molar-refractivity contribution in [2.75, 3.05) is 31.6 Å². The summed E-state index contributed by atoms with van der Waals surface area (Å²) in [5.41, 5.74) is 4.02. The zero-order valence-electron chi connectivity index (χ0n) is 22.7. The van der Waals surface area contributed by atoms with Crippen molar-refractivity contribution in [1.29, 1.82) is 5.26 Å². The number of rotatable bonds is 6. The largest absolute Gasteiger partial charge is 0.454 e. The lowest BCUT2D eigenvalue weighted by atomic mass is 10.0. The third-order valence-corrected chi connectivity index (χ3v) is 7.67. The molecule has 42 heavy (non-hydrogen) atoms. The summed E-state index contributed by atoms with van der Waals surface area (Å²) in [5.74, 6) is -0.915. The molecule has 2 unspecified atom stereocenters. The van der Waals surface area contributed by atoms with Crippen LogP contribution in [0.1, 0.15) is 35.2 Å². The number of carbonyl (C=O) groups is 1. The molecule has 4 heterocycles. The predicted octanol–water partition coefficient (Wildman–Crippen LogP) is 5.62. The number of halogens is 3. The number of nitrogens with zero attached hydrogens (tertiary/aromatic N) is 2. The van der Waals surface area contributed by atoms with Gasteiger partial charge in [-0.2, -0.15) is 5.26 Å². The number of aromatic nitrogens is 1. The molecule has 3 N–H and O–H groups in total. The first-order valence-corrected chi connectivity index (χ1v) is 13.7. The van der Waals surface area contributed by atoms with Crippen molar-refractivity contribution in [2.45, 2.75) is 37.5 Å². The number of amides is 1. The molecule has 0 aliphatic carbocycles. The van der Waals surface area contributed by atoms with Crippen LogP contribution in [0.25, 0.3) is 33.6 Å². The average Bonchev–Trinajstić information content (AvgIpc) is 3.43. The lowest BCUT2D eigenvalue weighted by Crippen LogP contribution is -2.50. The number of alkyl halides is 1. The zero-order chi connectivity index (χ0) is 28.3. The van der Waals surface area contributed by atoms with Gasteiger partial charge in [-0.1, -0.05) is 6.07 Å². The molecule has 2 aliphatic heterocycles. The van der Waals surface area contributed by atoms with E-state index < -0.39 is 23.9 Å². The molecule has 2 atom stereocenters. The monoisotopic (exact) mass is 593 g/mol. The summed E-state index contributed by atoms with van der Waals surface area (Å²) in [6.45, 7) is 2.18. The van der Waals surface area contributed by atoms with Crippen LogP contribution in [0, 0.1) is 17.1 Å². The van der Waals surface area contributed by atoms with Crippen LogP contribution >= 0.6 is 12.4 Å². The molecule has 0 saturated carbocycles. The molecule has 6 rings (SSSR count). The van der Waals surface area contributed by atoms with E-state index in [1.165, 1.54) is 12.1 Å². The number of ether oxygens (including phenoxy) is 1. The van der Waals surface area contributed by atoms with Gasteiger partial charge in [-0.3, -0.25) is 9.78 Å². The second kappa shape index (κ2) is 12.9. The number of anilines is 1. The summed E-state index contributed by atoms with van der Waals surface area (Å²) in [7, 11) is 0. The molecule has 0 spiro atoms. The summed E-state index contributed by atoms with van der Waals surface area (Å²) < 4.78 is 40.9. The summed E-state index contributed by atoms with van der Waals surface area (Å²) in [4.78, 5) is 17.0. The van der Waals surface area contributed by atoms with Crippen LogP contribution in [0.2, 0.25) is 0 Å². The number of hydrogen-bond acceptors (Lipinski definition) is 7. The first kappa shape index (κ1) is 29.5. The molecule has 2 fully saturated rings. The summed E-state index contributed by atoms with van der Waals surface area (Å²) in [5, 5.41) is 18.9. The standard InChI is InChI=1S/C31H29F2N5O3.ClH/c32-24-14-19(31(39)38-27-6-9-35-17-25(27)33)1-3-23(24)29-15-28-30(41-29)22(5-10-36-28)18-2-4-26(20(13-18)16-34)37-21-7-11-40-12-8-21;/h1-5,10,13-15,21,25,27,35,37H,6-9,11-12,17H2,(H,38,39);1H. The van der Waals surface area contributed by atoms with E-state index in [-0.39, 0.29) is 41.9 Å². The molecule has 2 aromatic heterocycles.